The maximum absolute atomic E-state index is 13.7. The normalized spacial score (nSPS) is 15.8. The molecule has 1 atom stereocenters. The Hall–Kier alpha value is -3.87. The fourth-order valence-corrected chi connectivity index (χ4v) is 3.54. The largest absolute Gasteiger partial charge is 0.450 e. The number of halogens is 1. The van der Waals surface area contributed by atoms with Gasteiger partial charge in [-0.15, -0.1) is 0 Å². The molecule has 7 heteroatoms. The SMILES string of the molecule is O=C1c2oc3ccc(F)cc3c(=O)c2[C@@H](c2ccncc2)N1c1ccccn1. The second-order valence-corrected chi connectivity index (χ2v) is 6.36. The van der Waals surface area contributed by atoms with Gasteiger partial charge in [0.15, 0.2) is 5.43 Å². The number of carbonyl (C=O) groups excluding carboxylic acids is 1. The highest BCUT2D eigenvalue weighted by Crippen LogP contribution is 2.40. The molecule has 28 heavy (non-hydrogen) atoms. The minimum absolute atomic E-state index is 0.0587. The summed E-state index contributed by atoms with van der Waals surface area (Å²) in [6, 6.07) is 11.5. The molecule has 6 nitrogen and oxygen atoms in total. The number of pyridine rings is 2. The third-order valence-corrected chi connectivity index (χ3v) is 4.75. The Morgan fingerprint density at radius 3 is 2.57 bits per heavy atom. The van der Waals surface area contributed by atoms with Crippen molar-refractivity contribution in [3.05, 3.63) is 100 Å². The Kier molecular flexibility index (Phi) is 3.55. The first-order valence-corrected chi connectivity index (χ1v) is 8.56. The molecule has 1 aliphatic heterocycles. The standard InChI is InChI=1S/C21H12FN3O3/c22-13-4-5-15-14(11-13)19(26)17-18(12-6-9-23-10-7-12)25(21(27)20(17)28-15)16-3-1-2-8-24-16/h1-11,18H/t18-/m1/s1. The predicted molar refractivity (Wildman–Crippen MR) is 99.6 cm³/mol. The molecule has 0 radical (unpaired) electrons. The zero-order chi connectivity index (χ0) is 19.3. The van der Waals surface area contributed by atoms with Gasteiger partial charge in [0.2, 0.25) is 5.76 Å². The van der Waals surface area contributed by atoms with E-state index in [1.54, 1.807) is 48.9 Å². The fraction of sp³-hybridized carbons (Fsp3) is 0.0476. The summed E-state index contributed by atoms with van der Waals surface area (Å²) in [5, 5.41) is 0.0912. The molecule has 0 unspecified atom stereocenters. The number of anilines is 1. The minimum atomic E-state index is -0.746. The first-order valence-electron chi connectivity index (χ1n) is 8.56. The Labute approximate surface area is 157 Å². The highest BCUT2D eigenvalue weighted by molar-refractivity contribution is 6.10. The molecule has 0 N–H and O–H groups in total. The highest BCUT2D eigenvalue weighted by atomic mass is 19.1. The van der Waals surface area contributed by atoms with Gasteiger partial charge in [0.05, 0.1) is 17.0 Å². The molecule has 0 bridgehead atoms. The molecule has 5 rings (SSSR count). The molecule has 1 aliphatic rings. The van der Waals surface area contributed by atoms with E-state index in [1.165, 1.54) is 17.0 Å². The van der Waals surface area contributed by atoms with Crippen LogP contribution in [0, 0.1) is 5.82 Å². The lowest BCUT2D eigenvalue weighted by molar-refractivity contribution is 0.0970. The first kappa shape index (κ1) is 16.3. The van der Waals surface area contributed by atoms with Crippen molar-refractivity contribution < 1.29 is 13.6 Å². The molecule has 0 saturated carbocycles. The van der Waals surface area contributed by atoms with Crippen molar-refractivity contribution in [3.8, 4) is 0 Å². The number of amides is 1. The van der Waals surface area contributed by atoms with Gasteiger partial charge in [-0.1, -0.05) is 6.07 Å². The van der Waals surface area contributed by atoms with Crippen molar-refractivity contribution in [1.82, 2.24) is 9.97 Å². The van der Waals surface area contributed by atoms with E-state index in [2.05, 4.69) is 9.97 Å². The van der Waals surface area contributed by atoms with Crippen LogP contribution in [0.4, 0.5) is 10.2 Å². The number of carbonyl (C=O) groups is 1. The zero-order valence-electron chi connectivity index (χ0n) is 14.4. The van der Waals surface area contributed by atoms with Gasteiger partial charge in [-0.3, -0.25) is 19.5 Å². The quantitative estimate of drug-likeness (QED) is 0.538. The van der Waals surface area contributed by atoms with Crippen molar-refractivity contribution >= 4 is 22.7 Å². The van der Waals surface area contributed by atoms with E-state index in [9.17, 15) is 14.0 Å². The molecule has 3 aromatic heterocycles. The van der Waals surface area contributed by atoms with Crippen molar-refractivity contribution in [2.24, 2.45) is 0 Å². The van der Waals surface area contributed by atoms with Crippen LogP contribution in [0.1, 0.15) is 27.7 Å². The van der Waals surface area contributed by atoms with Gasteiger partial charge in [-0.05, 0) is 48.0 Å². The molecule has 1 aromatic carbocycles. The lowest BCUT2D eigenvalue weighted by Gasteiger charge is -2.23. The van der Waals surface area contributed by atoms with Gasteiger partial charge in [0.1, 0.15) is 17.2 Å². The van der Waals surface area contributed by atoms with Gasteiger partial charge in [-0.25, -0.2) is 9.37 Å². The van der Waals surface area contributed by atoms with Crippen molar-refractivity contribution in [3.63, 3.8) is 0 Å². The molecule has 136 valence electrons. The van der Waals surface area contributed by atoms with Crippen LogP contribution >= 0.6 is 0 Å². The van der Waals surface area contributed by atoms with Crippen LogP contribution in [0.3, 0.4) is 0 Å². The molecule has 0 aliphatic carbocycles. The maximum Gasteiger partial charge on any atom is 0.296 e. The smallest absolute Gasteiger partial charge is 0.296 e. The lowest BCUT2D eigenvalue weighted by atomic mass is 9.99. The Bertz CT molecular complexity index is 1270. The monoisotopic (exact) mass is 373 g/mol. The maximum atomic E-state index is 13.7. The summed E-state index contributed by atoms with van der Waals surface area (Å²) in [5.74, 6) is -0.697. The number of hydrogen-bond donors (Lipinski definition) is 0. The van der Waals surface area contributed by atoms with Crippen molar-refractivity contribution in [2.45, 2.75) is 6.04 Å². The van der Waals surface area contributed by atoms with E-state index in [0.717, 1.165) is 6.07 Å². The topological polar surface area (TPSA) is 76.3 Å². The van der Waals surface area contributed by atoms with Crippen LogP contribution in [0.15, 0.2) is 76.3 Å². The summed E-state index contributed by atoms with van der Waals surface area (Å²) < 4.78 is 19.5. The zero-order valence-corrected chi connectivity index (χ0v) is 14.4. The third-order valence-electron chi connectivity index (χ3n) is 4.75. The fourth-order valence-electron chi connectivity index (χ4n) is 3.54. The summed E-state index contributed by atoms with van der Waals surface area (Å²) >= 11 is 0. The summed E-state index contributed by atoms with van der Waals surface area (Å²) in [4.78, 5) is 36.1. The van der Waals surface area contributed by atoms with Gasteiger partial charge in [0.25, 0.3) is 5.91 Å². The van der Waals surface area contributed by atoms with Crippen molar-refractivity contribution in [1.29, 1.82) is 0 Å². The number of aromatic nitrogens is 2. The number of rotatable bonds is 2. The van der Waals surface area contributed by atoms with Gasteiger partial charge in [-0.2, -0.15) is 0 Å². The van der Waals surface area contributed by atoms with Crippen LogP contribution in [-0.2, 0) is 0 Å². The average Bonchev–Trinajstić information content (AvgIpc) is 3.03. The second kappa shape index (κ2) is 6.09. The second-order valence-electron chi connectivity index (χ2n) is 6.36. The van der Waals surface area contributed by atoms with Crippen LogP contribution < -0.4 is 10.3 Å². The van der Waals surface area contributed by atoms with Crippen molar-refractivity contribution in [2.75, 3.05) is 4.90 Å². The number of hydrogen-bond acceptors (Lipinski definition) is 5. The van der Waals surface area contributed by atoms with Gasteiger partial charge < -0.3 is 4.42 Å². The lowest BCUT2D eigenvalue weighted by Crippen LogP contribution is -2.30. The molecule has 0 fully saturated rings. The molecule has 4 aromatic rings. The first-order chi connectivity index (χ1) is 13.6. The van der Waals surface area contributed by atoms with Crippen LogP contribution in [0.2, 0.25) is 0 Å². The summed E-state index contributed by atoms with van der Waals surface area (Å²) in [6.07, 6.45) is 4.73. The third kappa shape index (κ3) is 2.33. The molecule has 0 saturated heterocycles. The summed E-state index contributed by atoms with van der Waals surface area (Å²) in [5.41, 5.74) is 0.565. The van der Waals surface area contributed by atoms with E-state index in [-0.39, 0.29) is 22.3 Å². The Morgan fingerprint density at radius 2 is 1.82 bits per heavy atom. The predicted octanol–water partition coefficient (Wildman–Crippen LogP) is 3.47. The Morgan fingerprint density at radius 1 is 1.00 bits per heavy atom. The van der Waals surface area contributed by atoms with Gasteiger partial charge in [0, 0.05) is 18.6 Å². The van der Waals surface area contributed by atoms with E-state index in [0.29, 0.717) is 11.4 Å². The van der Waals surface area contributed by atoms with Crippen LogP contribution in [0.25, 0.3) is 11.0 Å². The number of fused-ring (bicyclic) bond motifs is 2. The average molecular weight is 373 g/mol. The highest BCUT2D eigenvalue weighted by Gasteiger charge is 2.44. The Balaban J connectivity index is 1.84. The molecule has 4 heterocycles. The van der Waals surface area contributed by atoms with Crippen LogP contribution in [0.5, 0.6) is 0 Å². The summed E-state index contributed by atoms with van der Waals surface area (Å²) in [6.45, 7) is 0. The van der Waals surface area contributed by atoms with E-state index >= 15 is 0 Å². The van der Waals surface area contributed by atoms with E-state index in [4.69, 9.17) is 4.42 Å². The molecular formula is C21H12FN3O3. The number of nitrogens with zero attached hydrogens (tertiary/aromatic N) is 3. The van der Waals surface area contributed by atoms with E-state index in [1.807, 2.05) is 0 Å². The molecule has 0 spiro atoms. The minimum Gasteiger partial charge on any atom is -0.450 e. The number of benzene rings is 1. The summed E-state index contributed by atoms with van der Waals surface area (Å²) in [7, 11) is 0. The van der Waals surface area contributed by atoms with E-state index < -0.39 is 23.2 Å². The molecule has 1 amide bonds. The van der Waals surface area contributed by atoms with Gasteiger partial charge >= 0.3 is 0 Å². The van der Waals surface area contributed by atoms with Crippen LogP contribution in [-0.4, -0.2) is 15.9 Å². The molecular weight excluding hydrogens is 361 g/mol.